The van der Waals surface area contributed by atoms with Crippen molar-refractivity contribution in [3.8, 4) is 0 Å². The predicted octanol–water partition coefficient (Wildman–Crippen LogP) is 1.82. The van der Waals surface area contributed by atoms with Crippen LogP contribution in [0, 0.1) is 0 Å². The van der Waals surface area contributed by atoms with E-state index in [1.807, 2.05) is 30.3 Å². The van der Waals surface area contributed by atoms with Crippen molar-refractivity contribution in [1.82, 2.24) is 4.72 Å². The summed E-state index contributed by atoms with van der Waals surface area (Å²) in [7, 11) is -3.74. The Balaban J connectivity index is 1.82. The number of amides is 2. The third-order valence-corrected chi connectivity index (χ3v) is 5.15. The molecular weight excluding hydrogens is 328 g/mol. The van der Waals surface area contributed by atoms with Crippen LogP contribution in [0.2, 0.25) is 0 Å². The Morgan fingerprint density at radius 3 is 2.25 bits per heavy atom. The predicted molar refractivity (Wildman–Crippen MR) is 88.6 cm³/mol. The Hall–Kier alpha value is -2.51. The van der Waals surface area contributed by atoms with Gasteiger partial charge in [0.15, 0.2) is 0 Å². The molecule has 1 fully saturated rings. The molecule has 0 atom stereocenters. The van der Waals surface area contributed by atoms with Gasteiger partial charge in [0.2, 0.25) is 21.8 Å². The summed E-state index contributed by atoms with van der Waals surface area (Å²) in [6, 6.07) is 15.0. The highest BCUT2D eigenvalue weighted by molar-refractivity contribution is 7.89. The maximum absolute atomic E-state index is 12.4. The second kappa shape index (κ2) is 6.54. The van der Waals surface area contributed by atoms with Gasteiger partial charge in [0.1, 0.15) is 0 Å². The molecule has 0 bridgehead atoms. The molecule has 0 spiro atoms. The number of hydrogen-bond acceptors (Lipinski definition) is 4. The lowest BCUT2D eigenvalue weighted by atomic mass is 10.2. The van der Waals surface area contributed by atoms with E-state index >= 15 is 0 Å². The highest BCUT2D eigenvalue weighted by atomic mass is 32.2. The van der Waals surface area contributed by atoms with Crippen LogP contribution >= 0.6 is 0 Å². The van der Waals surface area contributed by atoms with Crippen LogP contribution < -0.4 is 9.62 Å². The normalized spacial score (nSPS) is 15.1. The number of benzene rings is 2. The largest absolute Gasteiger partial charge is 0.274 e. The summed E-state index contributed by atoms with van der Waals surface area (Å²) in [5.41, 5.74) is 1.12. The highest BCUT2D eigenvalue weighted by Crippen LogP contribution is 2.25. The van der Waals surface area contributed by atoms with Crippen LogP contribution in [0.4, 0.5) is 5.69 Å². The first-order valence-corrected chi connectivity index (χ1v) is 8.95. The van der Waals surface area contributed by atoms with E-state index in [0.717, 1.165) is 10.5 Å². The van der Waals surface area contributed by atoms with E-state index in [-0.39, 0.29) is 41.8 Å². The minimum atomic E-state index is -3.74. The maximum Gasteiger partial charge on any atom is 0.240 e. The molecule has 1 heterocycles. The third-order valence-electron chi connectivity index (χ3n) is 3.75. The monoisotopic (exact) mass is 344 g/mol. The maximum atomic E-state index is 12.4. The van der Waals surface area contributed by atoms with Gasteiger partial charge in [-0.15, -0.1) is 0 Å². The zero-order chi connectivity index (χ0) is 17.2. The molecule has 2 aromatic rings. The van der Waals surface area contributed by atoms with Crippen molar-refractivity contribution in [3.05, 3.63) is 60.2 Å². The fourth-order valence-electron chi connectivity index (χ4n) is 2.51. The Bertz CT molecular complexity index is 862. The average Bonchev–Trinajstić information content (AvgIpc) is 2.93. The summed E-state index contributed by atoms with van der Waals surface area (Å²) in [5, 5.41) is 0. The molecule has 124 valence electrons. The highest BCUT2D eigenvalue weighted by Gasteiger charge is 2.30. The molecule has 0 aromatic heterocycles. The van der Waals surface area contributed by atoms with Gasteiger partial charge in [-0.25, -0.2) is 13.1 Å². The molecule has 3 rings (SSSR count). The van der Waals surface area contributed by atoms with Gasteiger partial charge < -0.3 is 0 Å². The molecule has 1 N–H and O–H groups in total. The molecule has 2 amide bonds. The second-order valence-corrected chi connectivity index (χ2v) is 7.20. The van der Waals surface area contributed by atoms with Crippen LogP contribution in [0.15, 0.2) is 59.5 Å². The van der Waals surface area contributed by atoms with E-state index in [9.17, 15) is 18.0 Å². The van der Waals surface area contributed by atoms with E-state index in [2.05, 4.69) is 4.72 Å². The van der Waals surface area contributed by atoms with Crippen LogP contribution in [0.5, 0.6) is 0 Å². The zero-order valence-electron chi connectivity index (χ0n) is 12.8. The lowest BCUT2D eigenvalue weighted by Crippen LogP contribution is -2.29. The number of nitrogens with zero attached hydrogens (tertiary/aromatic N) is 1. The smallest absolute Gasteiger partial charge is 0.240 e. The molecule has 0 unspecified atom stereocenters. The molecular formula is C17H16N2O4S. The van der Waals surface area contributed by atoms with Crippen LogP contribution in [-0.4, -0.2) is 20.2 Å². The van der Waals surface area contributed by atoms with E-state index in [1.165, 1.54) is 18.2 Å². The molecule has 6 nitrogen and oxygen atoms in total. The van der Waals surface area contributed by atoms with Gasteiger partial charge in [0, 0.05) is 19.4 Å². The van der Waals surface area contributed by atoms with Crippen LogP contribution in [0.25, 0.3) is 0 Å². The molecule has 1 aliphatic heterocycles. The van der Waals surface area contributed by atoms with Gasteiger partial charge in [0.05, 0.1) is 10.6 Å². The van der Waals surface area contributed by atoms with Gasteiger partial charge in [-0.05, 0) is 23.8 Å². The minimum Gasteiger partial charge on any atom is -0.274 e. The average molecular weight is 344 g/mol. The van der Waals surface area contributed by atoms with Crippen molar-refractivity contribution < 1.29 is 18.0 Å². The molecule has 1 saturated heterocycles. The fourth-order valence-corrected chi connectivity index (χ4v) is 3.57. The molecule has 1 aliphatic rings. The first-order chi connectivity index (χ1) is 11.5. The number of carbonyl (C=O) groups excluding carboxylic acids is 2. The number of carbonyl (C=O) groups is 2. The van der Waals surface area contributed by atoms with Gasteiger partial charge in [-0.1, -0.05) is 36.4 Å². The molecule has 2 aromatic carbocycles. The van der Waals surface area contributed by atoms with Crippen molar-refractivity contribution in [2.24, 2.45) is 0 Å². The number of imide groups is 1. The van der Waals surface area contributed by atoms with Crippen molar-refractivity contribution in [1.29, 1.82) is 0 Å². The summed E-state index contributed by atoms with van der Waals surface area (Å²) in [5.74, 6) is -0.626. The number of hydrogen-bond donors (Lipinski definition) is 1. The summed E-state index contributed by atoms with van der Waals surface area (Å²) in [6.45, 7) is 0.162. The number of rotatable bonds is 5. The SMILES string of the molecule is O=C1CCC(=O)N1c1cccc(S(=O)(=O)NCc2ccccc2)c1. The molecule has 7 heteroatoms. The standard InChI is InChI=1S/C17H16N2O4S/c20-16-9-10-17(21)19(16)14-7-4-8-15(11-14)24(22,23)18-12-13-5-2-1-3-6-13/h1-8,11,18H,9-10,12H2. The summed E-state index contributed by atoms with van der Waals surface area (Å²) < 4.78 is 27.4. The second-order valence-electron chi connectivity index (χ2n) is 5.43. The summed E-state index contributed by atoms with van der Waals surface area (Å²) in [6.07, 6.45) is 0.310. The lowest BCUT2D eigenvalue weighted by Gasteiger charge is -2.15. The summed E-state index contributed by atoms with van der Waals surface area (Å²) >= 11 is 0. The van der Waals surface area contributed by atoms with E-state index < -0.39 is 10.0 Å². The molecule has 0 aliphatic carbocycles. The fraction of sp³-hybridized carbons (Fsp3) is 0.176. The van der Waals surface area contributed by atoms with Crippen molar-refractivity contribution >= 4 is 27.5 Å². The van der Waals surface area contributed by atoms with Gasteiger partial charge in [0.25, 0.3) is 0 Å². The zero-order valence-corrected chi connectivity index (χ0v) is 13.6. The number of nitrogens with one attached hydrogen (secondary N) is 1. The van der Waals surface area contributed by atoms with Gasteiger partial charge >= 0.3 is 0 Å². The van der Waals surface area contributed by atoms with Crippen molar-refractivity contribution in [2.45, 2.75) is 24.3 Å². The number of sulfonamides is 1. The van der Waals surface area contributed by atoms with E-state index in [1.54, 1.807) is 6.07 Å². The van der Waals surface area contributed by atoms with Gasteiger partial charge in [-0.3, -0.25) is 14.5 Å². The first-order valence-electron chi connectivity index (χ1n) is 7.47. The molecule has 0 saturated carbocycles. The van der Waals surface area contributed by atoms with Gasteiger partial charge in [-0.2, -0.15) is 0 Å². The quantitative estimate of drug-likeness (QED) is 0.839. The molecule has 24 heavy (non-hydrogen) atoms. The summed E-state index contributed by atoms with van der Waals surface area (Å²) in [4.78, 5) is 24.6. The Morgan fingerprint density at radius 1 is 0.917 bits per heavy atom. The van der Waals surface area contributed by atoms with E-state index in [0.29, 0.717) is 0 Å². The van der Waals surface area contributed by atoms with Crippen LogP contribution in [0.1, 0.15) is 18.4 Å². The van der Waals surface area contributed by atoms with Crippen molar-refractivity contribution in [3.63, 3.8) is 0 Å². The Labute approximate surface area is 140 Å². The van der Waals surface area contributed by atoms with E-state index in [4.69, 9.17) is 0 Å². The van der Waals surface area contributed by atoms with Crippen LogP contribution in [-0.2, 0) is 26.2 Å². The third kappa shape index (κ3) is 3.37. The Kier molecular flexibility index (Phi) is 4.46. The lowest BCUT2D eigenvalue weighted by molar-refractivity contribution is -0.121. The van der Waals surface area contributed by atoms with Crippen molar-refractivity contribution in [2.75, 3.05) is 4.90 Å². The first kappa shape index (κ1) is 16.4. The molecule has 0 radical (unpaired) electrons. The number of anilines is 1. The topological polar surface area (TPSA) is 83.6 Å². The Morgan fingerprint density at radius 2 is 1.58 bits per heavy atom. The van der Waals surface area contributed by atoms with Crippen LogP contribution in [0.3, 0.4) is 0 Å². The minimum absolute atomic E-state index is 0.0171.